The molecule has 0 spiro atoms. The smallest absolute Gasteiger partial charge is 0.227 e. The van der Waals surface area contributed by atoms with Gasteiger partial charge in [0.05, 0.1) is 18.8 Å². The largest absolute Gasteiger partial charge is 0.389 e. The highest BCUT2D eigenvalue weighted by molar-refractivity contribution is 5.93. The Labute approximate surface area is 138 Å². The van der Waals surface area contributed by atoms with Crippen molar-refractivity contribution in [2.75, 3.05) is 18.5 Å². The van der Waals surface area contributed by atoms with Crippen LogP contribution in [0.4, 0.5) is 5.69 Å². The van der Waals surface area contributed by atoms with E-state index in [1.165, 1.54) is 0 Å². The molecule has 1 fully saturated rings. The Hall–Kier alpha value is -1.43. The molecule has 1 aromatic carbocycles. The topological polar surface area (TPSA) is 70.6 Å². The van der Waals surface area contributed by atoms with Gasteiger partial charge in [-0.1, -0.05) is 12.1 Å². The summed E-state index contributed by atoms with van der Waals surface area (Å²) < 4.78 is 5.39. The first-order chi connectivity index (χ1) is 11.0. The fourth-order valence-electron chi connectivity index (χ4n) is 2.24. The van der Waals surface area contributed by atoms with Crippen molar-refractivity contribution in [2.45, 2.75) is 51.9 Å². The minimum atomic E-state index is -0.517. The van der Waals surface area contributed by atoms with Crippen LogP contribution in [0.2, 0.25) is 0 Å². The molecular formula is C18H28N2O3. The molecule has 0 radical (unpaired) electrons. The van der Waals surface area contributed by atoms with Crippen LogP contribution in [-0.2, 0) is 9.53 Å². The van der Waals surface area contributed by atoms with Crippen LogP contribution >= 0.6 is 0 Å². The Balaban J connectivity index is 1.75. The van der Waals surface area contributed by atoms with Crippen molar-refractivity contribution < 1.29 is 14.6 Å². The highest BCUT2D eigenvalue weighted by atomic mass is 16.5. The lowest BCUT2D eigenvalue weighted by Gasteiger charge is -2.19. The third kappa shape index (κ3) is 6.29. The summed E-state index contributed by atoms with van der Waals surface area (Å²) in [6, 6.07) is 7.96. The zero-order valence-corrected chi connectivity index (χ0v) is 14.2. The summed E-state index contributed by atoms with van der Waals surface area (Å²) in [5.74, 6) is 0.335. The Morgan fingerprint density at radius 2 is 1.91 bits per heavy atom. The predicted molar refractivity (Wildman–Crippen MR) is 91.3 cm³/mol. The number of ether oxygens (including phenoxy) is 1. The van der Waals surface area contributed by atoms with E-state index in [0.717, 1.165) is 24.1 Å². The van der Waals surface area contributed by atoms with Crippen LogP contribution in [0.25, 0.3) is 0 Å². The number of nitrogens with one attached hydrogen (secondary N) is 2. The summed E-state index contributed by atoms with van der Waals surface area (Å²) in [6.45, 7) is 6.77. The van der Waals surface area contributed by atoms with Crippen LogP contribution in [0.5, 0.6) is 0 Å². The number of rotatable bonds is 9. The molecule has 1 aromatic rings. The second-order valence-corrected chi connectivity index (χ2v) is 6.55. The van der Waals surface area contributed by atoms with Gasteiger partial charge in [-0.3, -0.25) is 4.79 Å². The number of aliphatic hydroxyl groups excluding tert-OH is 1. The number of carbonyl (C=O) groups excluding carboxylic acids is 1. The Morgan fingerprint density at radius 3 is 2.48 bits per heavy atom. The molecule has 0 heterocycles. The minimum Gasteiger partial charge on any atom is -0.389 e. The standard InChI is InChI=1S/C18H28N2O3/c1-12(2)23-11-17(21)10-19-13(3)14-6-8-16(9-7-14)20-18(22)15-4-5-15/h6-9,12-13,15,17,19,21H,4-5,10-11H2,1-3H3,(H,20,22). The van der Waals surface area contributed by atoms with Gasteiger partial charge < -0.3 is 20.5 Å². The van der Waals surface area contributed by atoms with Gasteiger partial charge in [-0.2, -0.15) is 0 Å². The maximum atomic E-state index is 11.7. The SMILES string of the molecule is CC(C)OCC(O)CNC(C)c1ccc(NC(=O)C2CC2)cc1. The fraction of sp³-hybridized carbons (Fsp3) is 0.611. The van der Waals surface area contributed by atoms with Gasteiger partial charge in [0.15, 0.2) is 0 Å². The zero-order chi connectivity index (χ0) is 16.8. The van der Waals surface area contributed by atoms with Gasteiger partial charge in [0.2, 0.25) is 5.91 Å². The van der Waals surface area contributed by atoms with Crippen LogP contribution in [-0.4, -0.2) is 36.4 Å². The molecule has 0 saturated heterocycles. The Morgan fingerprint density at radius 1 is 1.26 bits per heavy atom. The maximum Gasteiger partial charge on any atom is 0.227 e. The number of amides is 1. The second-order valence-electron chi connectivity index (χ2n) is 6.55. The van der Waals surface area contributed by atoms with E-state index in [2.05, 4.69) is 10.6 Å². The van der Waals surface area contributed by atoms with Gasteiger partial charge in [-0.15, -0.1) is 0 Å². The van der Waals surface area contributed by atoms with Crippen molar-refractivity contribution in [3.63, 3.8) is 0 Å². The molecule has 23 heavy (non-hydrogen) atoms. The molecule has 0 aromatic heterocycles. The highest BCUT2D eigenvalue weighted by Gasteiger charge is 2.29. The number of carbonyl (C=O) groups is 1. The van der Waals surface area contributed by atoms with Crippen molar-refractivity contribution in [3.8, 4) is 0 Å². The Kier molecular flexibility index (Phi) is 6.57. The van der Waals surface area contributed by atoms with E-state index in [0.29, 0.717) is 13.2 Å². The zero-order valence-electron chi connectivity index (χ0n) is 14.2. The van der Waals surface area contributed by atoms with Gasteiger partial charge in [-0.25, -0.2) is 0 Å². The molecule has 5 heteroatoms. The molecule has 1 aliphatic carbocycles. The van der Waals surface area contributed by atoms with Crippen molar-refractivity contribution in [3.05, 3.63) is 29.8 Å². The van der Waals surface area contributed by atoms with Gasteiger partial charge in [0.25, 0.3) is 0 Å². The summed E-state index contributed by atoms with van der Waals surface area (Å²) in [7, 11) is 0. The summed E-state index contributed by atoms with van der Waals surface area (Å²) in [4.78, 5) is 11.7. The second kappa shape index (κ2) is 8.43. The normalized spacial score (nSPS) is 17.1. The molecule has 3 N–H and O–H groups in total. The molecule has 5 nitrogen and oxygen atoms in total. The molecule has 2 atom stereocenters. The maximum absolute atomic E-state index is 11.7. The summed E-state index contributed by atoms with van der Waals surface area (Å²) >= 11 is 0. The van der Waals surface area contributed by atoms with E-state index in [1.807, 2.05) is 45.0 Å². The van der Waals surface area contributed by atoms with Crippen molar-refractivity contribution in [1.82, 2.24) is 5.32 Å². The quantitative estimate of drug-likeness (QED) is 0.654. The lowest BCUT2D eigenvalue weighted by atomic mass is 10.1. The average Bonchev–Trinajstić information content (AvgIpc) is 3.36. The van der Waals surface area contributed by atoms with Crippen LogP contribution < -0.4 is 10.6 Å². The molecule has 0 bridgehead atoms. The van der Waals surface area contributed by atoms with Crippen LogP contribution in [0.15, 0.2) is 24.3 Å². The number of anilines is 1. The molecule has 1 amide bonds. The first kappa shape index (κ1) is 17.9. The first-order valence-electron chi connectivity index (χ1n) is 8.39. The molecular weight excluding hydrogens is 292 g/mol. The Bertz CT molecular complexity index is 497. The van der Waals surface area contributed by atoms with E-state index < -0.39 is 6.10 Å². The molecule has 2 rings (SSSR count). The van der Waals surface area contributed by atoms with Crippen LogP contribution in [0, 0.1) is 5.92 Å². The van der Waals surface area contributed by atoms with E-state index in [1.54, 1.807) is 0 Å². The monoisotopic (exact) mass is 320 g/mol. The van der Waals surface area contributed by atoms with E-state index in [4.69, 9.17) is 4.74 Å². The molecule has 1 aliphatic rings. The molecule has 128 valence electrons. The van der Waals surface area contributed by atoms with Crippen molar-refractivity contribution >= 4 is 11.6 Å². The van der Waals surface area contributed by atoms with E-state index >= 15 is 0 Å². The molecule has 2 unspecified atom stereocenters. The van der Waals surface area contributed by atoms with Gasteiger partial charge in [0, 0.05) is 24.2 Å². The summed E-state index contributed by atoms with van der Waals surface area (Å²) in [5.41, 5.74) is 1.95. The lowest BCUT2D eigenvalue weighted by Crippen LogP contribution is -2.32. The lowest BCUT2D eigenvalue weighted by molar-refractivity contribution is -0.117. The first-order valence-corrected chi connectivity index (χ1v) is 8.39. The minimum absolute atomic E-state index is 0.122. The number of aliphatic hydroxyl groups is 1. The summed E-state index contributed by atoms with van der Waals surface area (Å²) in [5, 5.41) is 16.1. The number of hydrogen-bond donors (Lipinski definition) is 3. The van der Waals surface area contributed by atoms with Crippen molar-refractivity contribution in [1.29, 1.82) is 0 Å². The highest BCUT2D eigenvalue weighted by Crippen LogP contribution is 2.30. The number of benzene rings is 1. The molecule has 0 aliphatic heterocycles. The molecule has 1 saturated carbocycles. The fourth-order valence-corrected chi connectivity index (χ4v) is 2.24. The van der Waals surface area contributed by atoms with Gasteiger partial charge in [-0.05, 0) is 51.3 Å². The van der Waals surface area contributed by atoms with E-state index in [9.17, 15) is 9.90 Å². The van der Waals surface area contributed by atoms with Crippen LogP contribution in [0.1, 0.15) is 45.2 Å². The predicted octanol–water partition coefficient (Wildman–Crippen LogP) is 2.47. The summed E-state index contributed by atoms with van der Waals surface area (Å²) in [6.07, 6.45) is 1.62. The number of hydrogen-bond acceptors (Lipinski definition) is 4. The van der Waals surface area contributed by atoms with Crippen LogP contribution in [0.3, 0.4) is 0 Å². The average molecular weight is 320 g/mol. The van der Waals surface area contributed by atoms with Gasteiger partial charge >= 0.3 is 0 Å². The van der Waals surface area contributed by atoms with E-state index in [-0.39, 0.29) is 24.0 Å². The third-order valence-electron chi connectivity index (χ3n) is 3.91. The van der Waals surface area contributed by atoms with Crippen molar-refractivity contribution in [2.24, 2.45) is 5.92 Å². The third-order valence-corrected chi connectivity index (χ3v) is 3.91. The van der Waals surface area contributed by atoms with Gasteiger partial charge in [0.1, 0.15) is 0 Å².